The average molecular weight is 334 g/mol. The van der Waals surface area contributed by atoms with Gasteiger partial charge in [-0.25, -0.2) is 4.79 Å². The third-order valence-corrected chi connectivity index (χ3v) is 4.66. The SMILES string of the molecule is Cc1cn(C2CC(N=[N+]=[N-])C(CO)O2)c(=O)nc1N1CCCCC1. The van der Waals surface area contributed by atoms with Gasteiger partial charge in [0.05, 0.1) is 18.8 Å². The number of hydrogen-bond acceptors (Lipinski definition) is 6. The summed E-state index contributed by atoms with van der Waals surface area (Å²) < 4.78 is 7.11. The fourth-order valence-electron chi connectivity index (χ4n) is 3.43. The van der Waals surface area contributed by atoms with Gasteiger partial charge in [-0.15, -0.1) is 0 Å². The molecule has 9 heteroatoms. The van der Waals surface area contributed by atoms with Gasteiger partial charge in [-0.1, -0.05) is 5.11 Å². The predicted molar refractivity (Wildman–Crippen MR) is 87.8 cm³/mol. The smallest absolute Gasteiger partial charge is 0.351 e. The highest BCUT2D eigenvalue weighted by Gasteiger charge is 2.36. The van der Waals surface area contributed by atoms with Gasteiger partial charge in [-0.2, -0.15) is 4.98 Å². The molecule has 0 amide bonds. The van der Waals surface area contributed by atoms with Crippen molar-refractivity contribution in [1.29, 1.82) is 0 Å². The van der Waals surface area contributed by atoms with E-state index >= 15 is 0 Å². The molecule has 3 atom stereocenters. The van der Waals surface area contributed by atoms with Crippen LogP contribution in [-0.4, -0.2) is 46.5 Å². The van der Waals surface area contributed by atoms with Gasteiger partial charge in [0.15, 0.2) is 0 Å². The summed E-state index contributed by atoms with van der Waals surface area (Å²) in [5.74, 6) is 0.735. The Labute approximate surface area is 139 Å². The van der Waals surface area contributed by atoms with Crippen molar-refractivity contribution < 1.29 is 9.84 Å². The molecule has 0 bridgehead atoms. The summed E-state index contributed by atoms with van der Waals surface area (Å²) in [6.45, 7) is 3.51. The number of azide groups is 1. The Morgan fingerprint density at radius 2 is 2.21 bits per heavy atom. The quantitative estimate of drug-likeness (QED) is 0.509. The molecule has 0 aromatic carbocycles. The number of nitrogens with zero attached hydrogens (tertiary/aromatic N) is 6. The second-order valence-corrected chi connectivity index (χ2v) is 6.30. The number of aryl methyl sites for hydroxylation is 1. The molecule has 1 aromatic heterocycles. The van der Waals surface area contributed by atoms with Crippen LogP contribution >= 0.6 is 0 Å². The second-order valence-electron chi connectivity index (χ2n) is 6.30. The van der Waals surface area contributed by atoms with Crippen LogP contribution in [0.2, 0.25) is 0 Å². The topological polar surface area (TPSA) is 116 Å². The average Bonchev–Trinajstić information content (AvgIpc) is 3.00. The zero-order valence-electron chi connectivity index (χ0n) is 13.7. The standard InChI is InChI=1S/C15H22N6O3/c1-10-8-21(13-7-11(18-19-16)12(9-22)24-13)15(23)17-14(10)20-5-3-2-4-6-20/h8,11-13,22H,2-7,9H2,1H3. The zero-order valence-corrected chi connectivity index (χ0v) is 13.7. The molecular weight excluding hydrogens is 312 g/mol. The van der Waals surface area contributed by atoms with E-state index in [-0.39, 0.29) is 12.3 Å². The zero-order chi connectivity index (χ0) is 17.1. The van der Waals surface area contributed by atoms with E-state index in [1.165, 1.54) is 11.0 Å². The molecule has 3 rings (SSSR count). The van der Waals surface area contributed by atoms with Crippen molar-refractivity contribution in [2.45, 2.75) is 51.0 Å². The fraction of sp³-hybridized carbons (Fsp3) is 0.733. The van der Waals surface area contributed by atoms with E-state index in [1.807, 2.05) is 6.92 Å². The maximum absolute atomic E-state index is 12.5. The van der Waals surface area contributed by atoms with Gasteiger partial charge in [-0.3, -0.25) is 4.57 Å². The first-order valence-corrected chi connectivity index (χ1v) is 8.29. The fourth-order valence-corrected chi connectivity index (χ4v) is 3.43. The third-order valence-electron chi connectivity index (χ3n) is 4.66. The Morgan fingerprint density at radius 3 is 2.88 bits per heavy atom. The first-order valence-electron chi connectivity index (χ1n) is 8.29. The monoisotopic (exact) mass is 334 g/mol. The van der Waals surface area contributed by atoms with Gasteiger partial charge in [0.25, 0.3) is 0 Å². The predicted octanol–water partition coefficient (Wildman–Crippen LogP) is 1.50. The van der Waals surface area contributed by atoms with Crippen LogP contribution in [0.1, 0.15) is 37.5 Å². The molecule has 1 aromatic rings. The van der Waals surface area contributed by atoms with E-state index in [9.17, 15) is 9.90 Å². The summed E-state index contributed by atoms with van der Waals surface area (Å²) >= 11 is 0. The van der Waals surface area contributed by atoms with Crippen molar-refractivity contribution in [1.82, 2.24) is 9.55 Å². The molecule has 24 heavy (non-hydrogen) atoms. The van der Waals surface area contributed by atoms with Crippen LogP contribution in [0.25, 0.3) is 10.4 Å². The minimum atomic E-state index is -0.597. The third kappa shape index (κ3) is 3.24. The molecule has 2 aliphatic heterocycles. The number of ether oxygens (including phenoxy) is 1. The van der Waals surface area contributed by atoms with Crippen molar-refractivity contribution in [3.8, 4) is 0 Å². The first-order chi connectivity index (χ1) is 11.6. The van der Waals surface area contributed by atoms with Crippen molar-refractivity contribution in [3.63, 3.8) is 0 Å². The Balaban J connectivity index is 1.86. The summed E-state index contributed by atoms with van der Waals surface area (Å²) in [4.78, 5) is 21.6. The molecule has 3 unspecified atom stereocenters. The molecule has 0 radical (unpaired) electrons. The summed E-state index contributed by atoms with van der Waals surface area (Å²) in [5, 5.41) is 13.0. The maximum Gasteiger partial charge on any atom is 0.351 e. The van der Waals surface area contributed by atoms with E-state index in [1.54, 1.807) is 6.20 Å². The van der Waals surface area contributed by atoms with Crippen LogP contribution in [0.3, 0.4) is 0 Å². The van der Waals surface area contributed by atoms with Crippen LogP contribution in [-0.2, 0) is 4.74 Å². The van der Waals surface area contributed by atoms with Crippen molar-refractivity contribution in [3.05, 3.63) is 32.7 Å². The minimum absolute atomic E-state index is 0.257. The number of rotatable bonds is 4. The van der Waals surface area contributed by atoms with E-state index in [4.69, 9.17) is 10.3 Å². The molecule has 2 fully saturated rings. The Morgan fingerprint density at radius 1 is 1.46 bits per heavy atom. The number of anilines is 1. The molecule has 2 aliphatic rings. The van der Waals surface area contributed by atoms with Crippen molar-refractivity contribution >= 4 is 5.82 Å². The lowest BCUT2D eigenvalue weighted by atomic mass is 10.1. The van der Waals surface area contributed by atoms with Gasteiger partial charge in [-0.05, 0) is 31.7 Å². The lowest BCUT2D eigenvalue weighted by Gasteiger charge is -2.29. The molecule has 0 saturated carbocycles. The Kier molecular flexibility index (Phi) is 5.03. The summed E-state index contributed by atoms with van der Waals surface area (Å²) in [6.07, 6.45) is 4.36. The number of aliphatic hydroxyl groups is 1. The van der Waals surface area contributed by atoms with Crippen LogP contribution in [0.5, 0.6) is 0 Å². The lowest BCUT2D eigenvalue weighted by Crippen LogP contribution is -2.35. The molecule has 130 valence electrons. The van der Waals surface area contributed by atoms with Crippen LogP contribution < -0.4 is 10.6 Å². The summed E-state index contributed by atoms with van der Waals surface area (Å²) in [6, 6.07) is -0.487. The largest absolute Gasteiger partial charge is 0.394 e. The van der Waals surface area contributed by atoms with E-state index < -0.39 is 18.4 Å². The van der Waals surface area contributed by atoms with Crippen LogP contribution in [0.4, 0.5) is 5.82 Å². The van der Waals surface area contributed by atoms with Gasteiger partial charge in [0, 0.05) is 36.2 Å². The first kappa shape index (κ1) is 16.8. The van der Waals surface area contributed by atoms with E-state index in [0.717, 1.165) is 37.3 Å². The van der Waals surface area contributed by atoms with Crippen molar-refractivity contribution in [2.75, 3.05) is 24.6 Å². The number of aliphatic hydroxyl groups excluding tert-OH is 1. The van der Waals surface area contributed by atoms with Gasteiger partial charge < -0.3 is 14.7 Å². The van der Waals surface area contributed by atoms with E-state index in [0.29, 0.717) is 6.42 Å². The number of hydrogen-bond donors (Lipinski definition) is 1. The highest BCUT2D eigenvalue weighted by Crippen LogP contribution is 2.30. The van der Waals surface area contributed by atoms with Gasteiger partial charge in [0.1, 0.15) is 12.0 Å². The Hall–Kier alpha value is -2.09. The highest BCUT2D eigenvalue weighted by molar-refractivity contribution is 5.45. The molecule has 0 spiro atoms. The number of piperidine rings is 1. The van der Waals surface area contributed by atoms with Crippen LogP contribution in [0, 0.1) is 6.92 Å². The maximum atomic E-state index is 12.5. The van der Waals surface area contributed by atoms with Crippen LogP contribution in [0.15, 0.2) is 16.1 Å². The molecular formula is C15H22N6O3. The Bertz CT molecular complexity index is 693. The normalized spacial score (nSPS) is 27.1. The molecule has 2 saturated heterocycles. The number of aromatic nitrogens is 2. The summed E-state index contributed by atoms with van der Waals surface area (Å²) in [5.41, 5.74) is 9.14. The highest BCUT2D eigenvalue weighted by atomic mass is 16.5. The van der Waals surface area contributed by atoms with Gasteiger partial charge >= 0.3 is 5.69 Å². The minimum Gasteiger partial charge on any atom is -0.394 e. The molecule has 0 aliphatic carbocycles. The summed E-state index contributed by atoms with van der Waals surface area (Å²) in [7, 11) is 0. The van der Waals surface area contributed by atoms with Gasteiger partial charge in [0.2, 0.25) is 0 Å². The lowest BCUT2D eigenvalue weighted by molar-refractivity contribution is -0.0270. The van der Waals surface area contributed by atoms with Crippen molar-refractivity contribution in [2.24, 2.45) is 5.11 Å². The molecule has 3 heterocycles. The second kappa shape index (κ2) is 7.21. The van der Waals surface area contributed by atoms with E-state index in [2.05, 4.69) is 19.9 Å². The molecule has 9 nitrogen and oxygen atoms in total. The molecule has 1 N–H and O–H groups in total.